The summed E-state index contributed by atoms with van der Waals surface area (Å²) < 4.78 is 4.73. The van der Waals surface area contributed by atoms with Gasteiger partial charge in [0, 0.05) is 17.2 Å². The van der Waals surface area contributed by atoms with E-state index in [4.69, 9.17) is 20.4 Å². The fourth-order valence-corrected chi connectivity index (χ4v) is 3.21. The van der Waals surface area contributed by atoms with Gasteiger partial charge in [0.25, 0.3) is 0 Å². The minimum Gasteiger partial charge on any atom is -0.479 e. The molecule has 3 rings (SSSR count). The summed E-state index contributed by atoms with van der Waals surface area (Å²) in [6, 6.07) is 5.43. The highest BCUT2D eigenvalue weighted by atomic mass is 16.6. The Morgan fingerprint density at radius 3 is 1.97 bits per heavy atom. The number of ether oxygens (including phenoxy) is 1. The number of benzene rings is 2. The van der Waals surface area contributed by atoms with Crippen LogP contribution in [0, 0.1) is 58.4 Å². The highest BCUT2D eigenvalue weighted by molar-refractivity contribution is 6.25. The number of esters is 1. The van der Waals surface area contributed by atoms with Crippen LogP contribution < -0.4 is 4.74 Å². The van der Waals surface area contributed by atoms with E-state index in [-0.39, 0.29) is 11.1 Å². The molecule has 1 aliphatic rings. The molecule has 0 saturated heterocycles. The second-order valence-corrected chi connectivity index (χ2v) is 6.49. The largest absolute Gasteiger partial charge is 0.479 e. The van der Waals surface area contributed by atoms with Crippen LogP contribution in [0.3, 0.4) is 0 Å². The molecule has 1 aliphatic carbocycles. The van der Waals surface area contributed by atoms with Gasteiger partial charge in [-0.15, -0.1) is 0 Å². The number of carboxylic acids is 1. The van der Waals surface area contributed by atoms with Gasteiger partial charge < -0.3 is 9.84 Å². The monoisotopic (exact) mass is 467 g/mol. The molecule has 0 aliphatic heterocycles. The van der Waals surface area contributed by atoms with Crippen LogP contribution in [0.5, 0.6) is 5.75 Å². The SMILES string of the molecule is N#CC(C#N)(C(=O)O)C(=O)Oc1ccc2c(c1)C(=O)c1c-2cc([N+](=O)[O-])c([N+](=O)[O-])c1[N+](=O)[O-]. The third kappa shape index (κ3) is 3.11. The quantitative estimate of drug-likeness (QED) is 0.178. The number of hydrogen-bond donors (Lipinski definition) is 1. The van der Waals surface area contributed by atoms with Crippen molar-refractivity contribution in [3.8, 4) is 29.0 Å². The smallest absolute Gasteiger partial charge is 0.423 e. The molecule has 0 bridgehead atoms. The number of carboxylic acid groups (broad SMARTS) is 1. The molecule has 0 spiro atoms. The lowest BCUT2D eigenvalue weighted by atomic mass is 9.92. The van der Waals surface area contributed by atoms with E-state index in [1.54, 1.807) is 0 Å². The molecular formula is C18H5N5O11. The average molecular weight is 467 g/mol. The molecule has 34 heavy (non-hydrogen) atoms. The summed E-state index contributed by atoms with van der Waals surface area (Å²) in [5, 5.41) is 61.1. The first-order valence-electron chi connectivity index (χ1n) is 8.52. The van der Waals surface area contributed by atoms with Gasteiger partial charge in [-0.3, -0.25) is 35.1 Å². The molecule has 1 N–H and O–H groups in total. The lowest BCUT2D eigenvalue weighted by Crippen LogP contribution is -2.39. The first-order chi connectivity index (χ1) is 15.9. The predicted molar refractivity (Wildman–Crippen MR) is 102 cm³/mol. The van der Waals surface area contributed by atoms with Gasteiger partial charge in [0.2, 0.25) is 5.78 Å². The zero-order chi connectivity index (χ0) is 25.5. The predicted octanol–water partition coefficient (Wildman–Crippen LogP) is 1.65. The van der Waals surface area contributed by atoms with Crippen LogP contribution in [0.4, 0.5) is 17.1 Å². The Morgan fingerprint density at radius 2 is 1.50 bits per heavy atom. The number of nitro groups is 3. The number of nitro benzene ring substituents is 3. The standard InChI is InChI=1S/C18H5N5O11/c19-5-18(6-20,16(25)26)17(27)34-7-1-2-8-9-4-11(21(28)29)13(22(30)31)14(23(32)33)12(9)15(24)10(8)3-7/h1-4H,(H,25,26). The Hall–Kier alpha value is -5.77. The lowest BCUT2D eigenvalue weighted by Gasteiger charge is -2.12. The van der Waals surface area contributed by atoms with Crippen molar-refractivity contribution in [3.05, 3.63) is 65.7 Å². The van der Waals surface area contributed by atoms with Crippen molar-refractivity contribution in [2.75, 3.05) is 0 Å². The molecule has 0 saturated carbocycles. The minimum atomic E-state index is -3.23. The molecule has 16 nitrogen and oxygen atoms in total. The molecular weight excluding hydrogens is 462 g/mol. The van der Waals surface area contributed by atoms with Crippen LogP contribution in [0.1, 0.15) is 15.9 Å². The van der Waals surface area contributed by atoms with Gasteiger partial charge in [-0.25, -0.2) is 9.59 Å². The second-order valence-electron chi connectivity index (χ2n) is 6.49. The van der Waals surface area contributed by atoms with E-state index in [9.17, 15) is 44.7 Å². The first-order valence-corrected chi connectivity index (χ1v) is 8.52. The number of nitrogens with zero attached hydrogens (tertiary/aromatic N) is 5. The summed E-state index contributed by atoms with van der Waals surface area (Å²) in [5.41, 5.74) is -9.11. The highest BCUT2D eigenvalue weighted by Crippen LogP contribution is 2.49. The van der Waals surface area contributed by atoms with Crippen LogP contribution >= 0.6 is 0 Å². The van der Waals surface area contributed by atoms with Gasteiger partial charge in [-0.1, -0.05) is 0 Å². The normalized spacial score (nSPS) is 11.4. The highest BCUT2D eigenvalue weighted by Gasteiger charge is 2.50. The lowest BCUT2D eigenvalue weighted by molar-refractivity contribution is -0.441. The van der Waals surface area contributed by atoms with Crippen LogP contribution in [0.2, 0.25) is 0 Å². The van der Waals surface area contributed by atoms with Crippen LogP contribution in [0.25, 0.3) is 11.1 Å². The fourth-order valence-electron chi connectivity index (χ4n) is 3.21. The second kappa shape index (κ2) is 7.73. The number of nitriles is 2. The molecule has 0 radical (unpaired) electrons. The number of carbonyl (C=O) groups is 3. The van der Waals surface area contributed by atoms with Crippen LogP contribution in [-0.2, 0) is 9.59 Å². The summed E-state index contributed by atoms with van der Waals surface area (Å²) in [6.07, 6.45) is 0. The minimum absolute atomic E-state index is 0.133. The summed E-state index contributed by atoms with van der Waals surface area (Å²) in [5.74, 6) is -5.65. The van der Waals surface area contributed by atoms with E-state index in [0.29, 0.717) is 6.07 Å². The van der Waals surface area contributed by atoms with Crippen LogP contribution in [-0.4, -0.2) is 37.6 Å². The zero-order valence-corrected chi connectivity index (χ0v) is 16.1. The Bertz CT molecular complexity index is 1450. The molecule has 0 heterocycles. The van der Waals surface area contributed by atoms with Gasteiger partial charge in [0.15, 0.2) is 0 Å². The van der Waals surface area contributed by atoms with E-state index in [1.165, 1.54) is 0 Å². The maximum atomic E-state index is 12.9. The van der Waals surface area contributed by atoms with Gasteiger partial charge in [-0.05, 0) is 23.8 Å². The van der Waals surface area contributed by atoms with E-state index >= 15 is 0 Å². The molecule has 168 valence electrons. The average Bonchev–Trinajstić information content (AvgIpc) is 3.04. The molecule has 0 fully saturated rings. The first kappa shape index (κ1) is 22.9. The van der Waals surface area contributed by atoms with Gasteiger partial charge in [0.05, 0.1) is 14.8 Å². The maximum Gasteiger partial charge on any atom is 0.423 e. The van der Waals surface area contributed by atoms with Gasteiger partial charge in [-0.2, -0.15) is 10.5 Å². The van der Waals surface area contributed by atoms with Crippen molar-refractivity contribution >= 4 is 34.8 Å². The Kier molecular flexibility index (Phi) is 5.21. The molecule has 2 aromatic carbocycles. The molecule has 16 heteroatoms. The summed E-state index contributed by atoms with van der Waals surface area (Å²) in [6.45, 7) is 0. The van der Waals surface area contributed by atoms with Crippen molar-refractivity contribution in [3.63, 3.8) is 0 Å². The van der Waals surface area contributed by atoms with Crippen molar-refractivity contribution in [2.45, 2.75) is 0 Å². The van der Waals surface area contributed by atoms with Crippen molar-refractivity contribution in [1.29, 1.82) is 10.5 Å². The number of ketones is 1. The third-order valence-corrected chi connectivity index (χ3v) is 4.74. The summed E-state index contributed by atoms with van der Waals surface area (Å²) in [7, 11) is 0. The van der Waals surface area contributed by atoms with E-state index in [0.717, 1.165) is 30.3 Å². The fraction of sp³-hybridized carbons (Fsp3) is 0.0556. The number of hydrogen-bond acceptors (Lipinski definition) is 12. The Morgan fingerprint density at radius 1 is 0.912 bits per heavy atom. The summed E-state index contributed by atoms with van der Waals surface area (Å²) in [4.78, 5) is 66.5. The van der Waals surface area contributed by atoms with E-state index < -0.39 is 71.8 Å². The molecule has 0 unspecified atom stereocenters. The molecule has 0 aromatic heterocycles. The number of aliphatic carboxylic acids is 1. The number of carbonyl (C=O) groups excluding carboxylic acids is 2. The molecule has 0 amide bonds. The van der Waals surface area contributed by atoms with Crippen LogP contribution in [0.15, 0.2) is 24.3 Å². The van der Waals surface area contributed by atoms with Crippen molar-refractivity contribution < 1.29 is 39.0 Å². The zero-order valence-electron chi connectivity index (χ0n) is 16.1. The summed E-state index contributed by atoms with van der Waals surface area (Å²) >= 11 is 0. The Balaban J connectivity index is 2.20. The van der Waals surface area contributed by atoms with Gasteiger partial charge in [0.1, 0.15) is 23.5 Å². The molecule has 0 atom stereocenters. The third-order valence-electron chi connectivity index (χ3n) is 4.74. The maximum absolute atomic E-state index is 12.9. The van der Waals surface area contributed by atoms with E-state index in [1.807, 2.05) is 0 Å². The number of fused-ring (bicyclic) bond motifs is 3. The topological polar surface area (TPSA) is 258 Å². The number of rotatable bonds is 6. The Labute approximate surface area is 185 Å². The van der Waals surface area contributed by atoms with Crippen molar-refractivity contribution in [1.82, 2.24) is 0 Å². The van der Waals surface area contributed by atoms with Crippen molar-refractivity contribution in [2.24, 2.45) is 5.41 Å². The molecule has 2 aromatic rings. The van der Waals surface area contributed by atoms with Gasteiger partial charge >= 0.3 is 34.4 Å². The van der Waals surface area contributed by atoms with E-state index in [2.05, 4.69) is 0 Å².